The molecule has 0 heterocycles. The molecule has 104 valence electrons. The molecule has 0 radical (unpaired) electrons. The molecule has 0 bridgehead atoms. The number of benzene rings is 1. The zero-order valence-electron chi connectivity index (χ0n) is 12.5. The van der Waals surface area contributed by atoms with Gasteiger partial charge in [0, 0.05) is 18.4 Å². The molecule has 0 aromatic heterocycles. The molecule has 3 atom stereocenters. The van der Waals surface area contributed by atoms with E-state index in [1.807, 2.05) is 0 Å². The summed E-state index contributed by atoms with van der Waals surface area (Å²) < 4.78 is 0. The Kier molecular flexibility index (Phi) is 7.30. The van der Waals surface area contributed by atoms with Crippen LogP contribution in [0.2, 0.25) is 0 Å². The third-order valence-electron chi connectivity index (χ3n) is 4.08. The maximum absolute atomic E-state index is 5.36. The van der Waals surface area contributed by atoms with Gasteiger partial charge < -0.3 is 5.32 Å². The first-order valence-electron chi connectivity index (χ1n) is 7.40. The summed E-state index contributed by atoms with van der Waals surface area (Å²) in [5.41, 5.74) is 1.44. The van der Waals surface area contributed by atoms with Gasteiger partial charge in [-0.05, 0) is 31.4 Å². The Morgan fingerprint density at radius 3 is 2.47 bits per heavy atom. The second-order valence-corrected chi connectivity index (χ2v) is 5.31. The van der Waals surface area contributed by atoms with E-state index in [0.29, 0.717) is 17.9 Å². The molecule has 1 rings (SSSR count). The summed E-state index contributed by atoms with van der Waals surface area (Å²) in [6, 6.07) is 11.4. The highest BCUT2D eigenvalue weighted by Gasteiger charge is 2.25. The Balaban J connectivity index is 2.86. The molecule has 0 saturated carbocycles. The van der Waals surface area contributed by atoms with Gasteiger partial charge in [0.1, 0.15) is 0 Å². The van der Waals surface area contributed by atoms with E-state index in [1.54, 1.807) is 0 Å². The first kappa shape index (κ1) is 15.8. The van der Waals surface area contributed by atoms with Crippen LogP contribution >= 0.6 is 0 Å². The van der Waals surface area contributed by atoms with Crippen molar-refractivity contribution in [1.29, 1.82) is 0 Å². The summed E-state index contributed by atoms with van der Waals surface area (Å²) in [5, 5.41) is 3.51. The van der Waals surface area contributed by atoms with E-state index in [1.165, 1.54) is 12.0 Å². The minimum absolute atomic E-state index is 0.505. The molecule has 0 amide bonds. The number of terminal acetylenes is 1. The molecule has 3 unspecified atom stereocenters. The van der Waals surface area contributed by atoms with Crippen molar-refractivity contribution in [2.24, 2.45) is 5.92 Å². The summed E-state index contributed by atoms with van der Waals surface area (Å²) in [6.45, 7) is 4.62. The summed E-state index contributed by atoms with van der Waals surface area (Å²) in [4.78, 5) is 0. The van der Waals surface area contributed by atoms with Gasteiger partial charge in [0.25, 0.3) is 0 Å². The Bertz CT molecular complexity index is 376. The SMILES string of the molecule is C#CCCCC(NC)C(c1ccccc1)C(C)CC. The molecule has 1 aromatic carbocycles. The lowest BCUT2D eigenvalue weighted by molar-refractivity contribution is 0.330. The molecule has 0 aliphatic heterocycles. The van der Waals surface area contributed by atoms with Gasteiger partial charge in [0.2, 0.25) is 0 Å². The Labute approximate surface area is 118 Å². The second kappa shape index (κ2) is 8.77. The van der Waals surface area contributed by atoms with Gasteiger partial charge in [-0.25, -0.2) is 0 Å². The minimum Gasteiger partial charge on any atom is -0.316 e. The van der Waals surface area contributed by atoms with Crippen LogP contribution in [-0.4, -0.2) is 13.1 Å². The lowest BCUT2D eigenvalue weighted by Gasteiger charge is -2.32. The first-order chi connectivity index (χ1) is 9.24. The number of unbranched alkanes of at least 4 members (excludes halogenated alkanes) is 1. The highest BCUT2D eigenvalue weighted by molar-refractivity contribution is 5.22. The van der Waals surface area contributed by atoms with Crippen LogP contribution in [0.25, 0.3) is 0 Å². The van der Waals surface area contributed by atoms with Crippen LogP contribution in [0.4, 0.5) is 0 Å². The van der Waals surface area contributed by atoms with Gasteiger partial charge >= 0.3 is 0 Å². The van der Waals surface area contributed by atoms with E-state index >= 15 is 0 Å². The molecule has 1 aromatic rings. The number of nitrogens with one attached hydrogen (secondary N) is 1. The quantitative estimate of drug-likeness (QED) is 0.543. The number of hydrogen-bond acceptors (Lipinski definition) is 1. The van der Waals surface area contributed by atoms with Crippen LogP contribution in [0.15, 0.2) is 30.3 Å². The van der Waals surface area contributed by atoms with Crippen LogP contribution in [0, 0.1) is 18.3 Å². The van der Waals surface area contributed by atoms with Gasteiger partial charge in [-0.2, -0.15) is 0 Å². The minimum atomic E-state index is 0.505. The molecule has 0 saturated heterocycles. The van der Waals surface area contributed by atoms with Crippen molar-refractivity contribution < 1.29 is 0 Å². The molecule has 0 aliphatic rings. The van der Waals surface area contributed by atoms with Crippen LogP contribution in [0.5, 0.6) is 0 Å². The van der Waals surface area contributed by atoms with Crippen molar-refractivity contribution in [1.82, 2.24) is 5.32 Å². The fraction of sp³-hybridized carbons (Fsp3) is 0.556. The average Bonchev–Trinajstić information content (AvgIpc) is 2.47. The first-order valence-corrected chi connectivity index (χ1v) is 7.40. The molecule has 1 nitrogen and oxygen atoms in total. The highest BCUT2D eigenvalue weighted by atomic mass is 14.9. The van der Waals surface area contributed by atoms with Gasteiger partial charge in [-0.1, -0.05) is 50.6 Å². The van der Waals surface area contributed by atoms with Crippen molar-refractivity contribution in [3.8, 4) is 12.3 Å². The Hall–Kier alpha value is -1.26. The summed E-state index contributed by atoms with van der Waals surface area (Å²) >= 11 is 0. The lowest BCUT2D eigenvalue weighted by atomic mass is 9.78. The van der Waals surface area contributed by atoms with E-state index in [4.69, 9.17) is 6.42 Å². The summed E-state index contributed by atoms with van der Waals surface area (Å²) in [5.74, 6) is 3.98. The summed E-state index contributed by atoms with van der Waals surface area (Å²) in [7, 11) is 2.07. The maximum atomic E-state index is 5.36. The summed E-state index contributed by atoms with van der Waals surface area (Å²) in [6.07, 6.45) is 9.68. The van der Waals surface area contributed by atoms with E-state index in [-0.39, 0.29) is 0 Å². The van der Waals surface area contributed by atoms with Crippen molar-refractivity contribution in [3.63, 3.8) is 0 Å². The molecule has 1 N–H and O–H groups in total. The van der Waals surface area contributed by atoms with Gasteiger partial charge in [-0.15, -0.1) is 12.3 Å². The normalized spacial score (nSPS) is 15.5. The number of rotatable bonds is 8. The number of likely N-dealkylation sites (N-methyl/N-ethyl adjacent to an activating group) is 1. The second-order valence-electron chi connectivity index (χ2n) is 5.31. The molecule has 1 heteroatoms. The van der Waals surface area contributed by atoms with E-state index in [9.17, 15) is 0 Å². The van der Waals surface area contributed by atoms with E-state index in [0.717, 1.165) is 19.3 Å². The molecule has 19 heavy (non-hydrogen) atoms. The average molecular weight is 257 g/mol. The maximum Gasteiger partial charge on any atom is 0.0136 e. The topological polar surface area (TPSA) is 12.0 Å². The van der Waals surface area contributed by atoms with Crippen LogP contribution in [-0.2, 0) is 0 Å². The van der Waals surface area contributed by atoms with Crippen molar-refractivity contribution in [2.75, 3.05) is 7.05 Å². The molecular weight excluding hydrogens is 230 g/mol. The van der Waals surface area contributed by atoms with E-state index in [2.05, 4.69) is 62.5 Å². The molecule has 0 aliphatic carbocycles. The van der Waals surface area contributed by atoms with Crippen LogP contribution in [0.3, 0.4) is 0 Å². The van der Waals surface area contributed by atoms with Crippen molar-refractivity contribution >= 4 is 0 Å². The Morgan fingerprint density at radius 2 is 1.95 bits per heavy atom. The largest absolute Gasteiger partial charge is 0.316 e. The van der Waals surface area contributed by atoms with Gasteiger partial charge in [0.15, 0.2) is 0 Å². The smallest absolute Gasteiger partial charge is 0.0136 e. The molecular formula is C18H27N. The van der Waals surface area contributed by atoms with Crippen LogP contribution in [0.1, 0.15) is 51.0 Å². The van der Waals surface area contributed by atoms with E-state index < -0.39 is 0 Å². The monoisotopic (exact) mass is 257 g/mol. The zero-order valence-corrected chi connectivity index (χ0v) is 12.5. The number of hydrogen-bond donors (Lipinski definition) is 1. The lowest BCUT2D eigenvalue weighted by Crippen LogP contribution is -2.35. The Morgan fingerprint density at radius 1 is 1.26 bits per heavy atom. The predicted molar refractivity (Wildman–Crippen MR) is 84.2 cm³/mol. The molecule has 0 fully saturated rings. The molecule has 0 spiro atoms. The van der Waals surface area contributed by atoms with Crippen LogP contribution < -0.4 is 5.32 Å². The predicted octanol–water partition coefficient (Wildman–Crippen LogP) is 4.21. The fourth-order valence-corrected chi connectivity index (χ4v) is 2.81. The van der Waals surface area contributed by atoms with Crippen molar-refractivity contribution in [2.45, 2.75) is 51.5 Å². The van der Waals surface area contributed by atoms with Gasteiger partial charge in [-0.3, -0.25) is 0 Å². The highest BCUT2D eigenvalue weighted by Crippen LogP contribution is 2.32. The van der Waals surface area contributed by atoms with Gasteiger partial charge in [0.05, 0.1) is 0 Å². The van der Waals surface area contributed by atoms with Crippen molar-refractivity contribution in [3.05, 3.63) is 35.9 Å². The third-order valence-corrected chi connectivity index (χ3v) is 4.08. The zero-order chi connectivity index (χ0) is 14.1. The third kappa shape index (κ3) is 4.73. The fourth-order valence-electron chi connectivity index (χ4n) is 2.81. The standard InChI is InChI=1S/C18H27N/c1-5-7-9-14-17(19-4)18(15(3)6-2)16-12-10-8-11-13-16/h1,8,10-13,15,17-19H,6-7,9,14H2,2-4H3.